The molecular weight excluding hydrogens is 809 g/mol. The molecule has 2 atom stereocenters. The van der Waals surface area contributed by atoms with E-state index in [1.807, 2.05) is 6.07 Å². The number of nitrogens with zero attached hydrogens (tertiary/aromatic N) is 7. The van der Waals surface area contributed by atoms with Crippen LogP contribution >= 0.6 is 0 Å². The van der Waals surface area contributed by atoms with Crippen LogP contribution in [0.25, 0.3) is 11.0 Å². The van der Waals surface area contributed by atoms with Crippen LogP contribution in [0.3, 0.4) is 0 Å². The molecular formula is C44H52F4N10O4. The molecule has 8 rings (SSSR count). The minimum absolute atomic E-state index is 0.00537. The molecule has 4 aliphatic heterocycles. The van der Waals surface area contributed by atoms with Crippen LogP contribution in [0, 0.1) is 5.82 Å². The van der Waals surface area contributed by atoms with Crippen LogP contribution in [0.4, 0.5) is 34.8 Å². The van der Waals surface area contributed by atoms with Crippen LogP contribution in [-0.2, 0) is 29.4 Å². The van der Waals surface area contributed by atoms with Gasteiger partial charge in [0.1, 0.15) is 35.3 Å². The maximum Gasteiger partial charge on any atom is 0.416 e. The van der Waals surface area contributed by atoms with Gasteiger partial charge in [-0.15, -0.1) is 0 Å². The zero-order valence-electron chi connectivity index (χ0n) is 34.9. The molecule has 4 aromatic rings. The second-order valence-electron chi connectivity index (χ2n) is 17.0. The summed E-state index contributed by atoms with van der Waals surface area (Å²) in [4.78, 5) is 67.8. The molecule has 3 saturated heterocycles. The van der Waals surface area contributed by atoms with Gasteiger partial charge in [-0.1, -0.05) is 12.5 Å². The lowest BCUT2D eigenvalue weighted by Gasteiger charge is -2.36. The minimum atomic E-state index is -4.54. The number of nitrogens with one attached hydrogen (secondary N) is 2. The van der Waals surface area contributed by atoms with Gasteiger partial charge in [0, 0.05) is 57.4 Å². The van der Waals surface area contributed by atoms with E-state index in [-0.39, 0.29) is 54.2 Å². The maximum atomic E-state index is 15.4. The van der Waals surface area contributed by atoms with E-state index in [4.69, 9.17) is 5.73 Å². The Morgan fingerprint density at radius 3 is 2.29 bits per heavy atom. The largest absolute Gasteiger partial charge is 0.416 e. The van der Waals surface area contributed by atoms with Crippen molar-refractivity contribution in [1.82, 2.24) is 34.6 Å². The molecule has 4 N–H and O–H groups in total. The summed E-state index contributed by atoms with van der Waals surface area (Å²) in [5.41, 5.74) is 7.74. The molecule has 0 saturated carbocycles. The van der Waals surface area contributed by atoms with Gasteiger partial charge >= 0.3 is 6.18 Å². The van der Waals surface area contributed by atoms with Crippen LogP contribution in [0.2, 0.25) is 0 Å². The topological polar surface area (TPSA) is 162 Å². The van der Waals surface area contributed by atoms with E-state index in [0.717, 1.165) is 89.1 Å². The predicted octanol–water partition coefficient (Wildman–Crippen LogP) is 5.17. The van der Waals surface area contributed by atoms with Crippen molar-refractivity contribution in [2.45, 2.75) is 82.6 Å². The van der Waals surface area contributed by atoms with Gasteiger partial charge in [0.05, 0.1) is 17.0 Å². The van der Waals surface area contributed by atoms with E-state index < -0.39 is 29.7 Å². The molecule has 3 amide bonds. The molecule has 4 aliphatic rings. The number of pyridine rings is 1. The third-order valence-corrected chi connectivity index (χ3v) is 13.0. The minimum Gasteiger partial charge on any atom is -0.399 e. The highest BCUT2D eigenvalue weighted by Crippen LogP contribution is 2.37. The quantitative estimate of drug-likeness (QED) is 0.0746. The number of unbranched alkanes of at least 4 members (excludes halogenated alkanes) is 2. The van der Waals surface area contributed by atoms with Crippen LogP contribution in [0.5, 0.6) is 0 Å². The first-order valence-corrected chi connectivity index (χ1v) is 21.4. The smallest absolute Gasteiger partial charge is 0.399 e. The average Bonchev–Trinajstić information content (AvgIpc) is 3.55. The SMILES string of the molecule is CC(Nc1ncnc2c1cc(N1CCN(CCCCCN3CCC(c4cc5c(cc4F)C(=O)N(C4CCC(=O)NC4=O)C5)CC3)CC1)c(=O)n2C)c1cc(N)cc(C(F)(F)F)c1. The molecule has 0 aliphatic carbocycles. The second-order valence-corrected chi connectivity index (χ2v) is 17.0. The number of piperazine rings is 1. The second kappa shape index (κ2) is 17.6. The number of likely N-dealkylation sites (tertiary alicyclic amines) is 1. The fourth-order valence-corrected chi connectivity index (χ4v) is 9.42. The summed E-state index contributed by atoms with van der Waals surface area (Å²) in [6.07, 6.45) is 2.04. The number of anilines is 3. The van der Waals surface area contributed by atoms with Gasteiger partial charge in [0.15, 0.2) is 0 Å². The number of hydrogen-bond donors (Lipinski definition) is 3. The number of carbonyl (C=O) groups excluding carboxylic acids is 3. The van der Waals surface area contributed by atoms with Crippen molar-refractivity contribution >= 4 is 45.9 Å². The number of hydrogen-bond acceptors (Lipinski definition) is 11. The Bertz CT molecular complexity index is 2430. The van der Waals surface area contributed by atoms with Crippen molar-refractivity contribution in [2.75, 3.05) is 68.3 Å². The van der Waals surface area contributed by atoms with Crippen LogP contribution in [0.1, 0.15) is 96.4 Å². The molecule has 6 heterocycles. The summed E-state index contributed by atoms with van der Waals surface area (Å²) in [5.74, 6) is -1.12. The highest BCUT2D eigenvalue weighted by Gasteiger charge is 2.40. The third-order valence-electron chi connectivity index (χ3n) is 13.0. The zero-order valence-corrected chi connectivity index (χ0v) is 34.9. The highest BCUT2D eigenvalue weighted by molar-refractivity contribution is 6.05. The first-order valence-electron chi connectivity index (χ1n) is 21.4. The van der Waals surface area contributed by atoms with Gasteiger partial charge in [-0.2, -0.15) is 13.2 Å². The van der Waals surface area contributed by atoms with Crippen molar-refractivity contribution < 1.29 is 31.9 Å². The standard InChI is InChI=1S/C44H52F4N10O4/c1-26(28-18-30(44(46,47)48)21-31(49)19-28)52-39-34-23-37(43(62)54(2)40(34)51-25-50-39)57-16-14-56(15-17-57)11-5-3-4-10-55-12-8-27(9-13-55)32-20-29-24-58(42(61)33(29)22-35(32)45)36-6-7-38(59)53-41(36)60/h18-23,25-27,36H,3-17,24,49H2,1-2H3,(H,50,51,52)(H,53,59,60). The molecule has 0 radical (unpaired) electrons. The van der Waals surface area contributed by atoms with Crippen molar-refractivity contribution in [3.63, 3.8) is 0 Å². The Labute approximate surface area is 356 Å². The van der Waals surface area contributed by atoms with E-state index >= 15 is 4.39 Å². The van der Waals surface area contributed by atoms with Gasteiger partial charge < -0.3 is 25.8 Å². The Morgan fingerprint density at radius 2 is 1.60 bits per heavy atom. The number of aryl methyl sites for hydroxylation is 1. The number of nitrogens with two attached hydrogens (primary N) is 1. The number of nitrogen functional groups attached to an aromatic ring is 1. The summed E-state index contributed by atoms with van der Waals surface area (Å²) in [6.45, 7) is 8.52. The number of imide groups is 1. The number of carbonyl (C=O) groups is 3. The van der Waals surface area contributed by atoms with Gasteiger partial charge in [-0.25, -0.2) is 14.4 Å². The lowest BCUT2D eigenvalue weighted by Crippen LogP contribution is -2.52. The van der Waals surface area contributed by atoms with Crippen molar-refractivity contribution in [2.24, 2.45) is 7.05 Å². The summed E-state index contributed by atoms with van der Waals surface area (Å²) < 4.78 is 57.4. The molecule has 2 aromatic heterocycles. The summed E-state index contributed by atoms with van der Waals surface area (Å²) >= 11 is 0. The number of aromatic nitrogens is 3. The Kier molecular flexibility index (Phi) is 12.2. The van der Waals surface area contributed by atoms with Gasteiger partial charge in [-0.3, -0.25) is 34.0 Å². The lowest BCUT2D eigenvalue weighted by atomic mass is 9.87. The van der Waals surface area contributed by atoms with Crippen LogP contribution in [0.15, 0.2) is 47.5 Å². The van der Waals surface area contributed by atoms with Crippen molar-refractivity contribution in [3.05, 3.63) is 86.7 Å². The van der Waals surface area contributed by atoms with Crippen molar-refractivity contribution in [1.29, 1.82) is 0 Å². The van der Waals surface area contributed by atoms with Crippen LogP contribution < -0.4 is 26.8 Å². The zero-order chi connectivity index (χ0) is 43.9. The number of benzene rings is 2. The number of piperidine rings is 2. The number of halogens is 4. The van der Waals surface area contributed by atoms with Crippen molar-refractivity contribution in [3.8, 4) is 0 Å². The lowest BCUT2D eigenvalue weighted by molar-refractivity contribution is -0.138. The molecule has 0 spiro atoms. The van der Waals surface area contributed by atoms with Gasteiger partial charge in [0.25, 0.3) is 11.5 Å². The number of fused-ring (bicyclic) bond motifs is 2. The van der Waals surface area contributed by atoms with E-state index in [2.05, 4.69) is 35.3 Å². The Hall–Kier alpha value is -5.62. The molecule has 330 valence electrons. The van der Waals surface area contributed by atoms with Gasteiger partial charge in [0.2, 0.25) is 11.8 Å². The Morgan fingerprint density at radius 1 is 0.887 bits per heavy atom. The predicted molar refractivity (Wildman–Crippen MR) is 226 cm³/mol. The number of amides is 3. The van der Waals surface area contributed by atoms with E-state index in [1.165, 1.54) is 27.9 Å². The Balaban J connectivity index is 0.788. The number of alkyl halides is 3. The third kappa shape index (κ3) is 8.98. The summed E-state index contributed by atoms with van der Waals surface area (Å²) in [7, 11) is 1.65. The maximum absolute atomic E-state index is 15.4. The fourth-order valence-electron chi connectivity index (χ4n) is 9.42. The van der Waals surface area contributed by atoms with E-state index in [0.29, 0.717) is 52.3 Å². The van der Waals surface area contributed by atoms with E-state index in [9.17, 15) is 32.3 Å². The molecule has 14 nitrogen and oxygen atoms in total. The van der Waals surface area contributed by atoms with E-state index in [1.54, 1.807) is 20.0 Å². The first-order chi connectivity index (χ1) is 29.6. The highest BCUT2D eigenvalue weighted by atomic mass is 19.4. The average molecular weight is 861 g/mol. The summed E-state index contributed by atoms with van der Waals surface area (Å²) in [5, 5.41) is 6.10. The summed E-state index contributed by atoms with van der Waals surface area (Å²) in [6, 6.07) is 7.07. The molecule has 18 heteroatoms. The molecule has 0 bridgehead atoms. The first kappa shape index (κ1) is 43.0. The molecule has 3 fully saturated rings. The monoisotopic (exact) mass is 860 g/mol. The normalized spacial score (nSPS) is 19.9. The molecule has 62 heavy (non-hydrogen) atoms. The van der Waals surface area contributed by atoms with Gasteiger partial charge in [-0.05, 0) is 118 Å². The number of rotatable bonds is 12. The molecule has 2 unspecified atom stereocenters. The molecule has 2 aromatic carbocycles. The fraction of sp³-hybridized carbons (Fsp3) is 0.500. The van der Waals surface area contributed by atoms with Crippen LogP contribution in [-0.4, -0.2) is 105 Å².